The van der Waals surface area contributed by atoms with Crippen LogP contribution in [0.15, 0.2) is 48.5 Å². The van der Waals surface area contributed by atoms with Gasteiger partial charge in [0.2, 0.25) is 6.23 Å². The van der Waals surface area contributed by atoms with Gasteiger partial charge in [-0.15, -0.1) is 0 Å². The van der Waals surface area contributed by atoms with Crippen molar-refractivity contribution in [2.45, 2.75) is 25.1 Å². The third kappa shape index (κ3) is 2.47. The number of fused-ring (bicyclic) bond motifs is 4. The predicted octanol–water partition coefficient (Wildman–Crippen LogP) is 3.74. The second-order valence-electron chi connectivity index (χ2n) is 8.00. The zero-order chi connectivity index (χ0) is 17.7. The van der Waals surface area contributed by atoms with Gasteiger partial charge in [-0.05, 0) is 50.0 Å². The van der Waals surface area contributed by atoms with Crippen LogP contribution in [0.25, 0.3) is 0 Å². The first kappa shape index (κ1) is 16.0. The van der Waals surface area contributed by atoms with Crippen LogP contribution in [0.5, 0.6) is 5.75 Å². The zero-order valence-corrected chi connectivity index (χ0v) is 15.6. The molecule has 2 atom stereocenters. The highest BCUT2D eigenvalue weighted by molar-refractivity contribution is 5.67. The number of rotatable bonds is 3. The molecule has 3 saturated heterocycles. The summed E-state index contributed by atoms with van der Waals surface area (Å²) in [5.41, 5.74) is 3.74. The highest BCUT2D eigenvalue weighted by Crippen LogP contribution is 2.49. The molecule has 0 aliphatic carbocycles. The molecular formula is C22H27N3O. The maximum Gasteiger partial charge on any atom is 0.201 e. The van der Waals surface area contributed by atoms with E-state index >= 15 is 0 Å². The van der Waals surface area contributed by atoms with Gasteiger partial charge in [-0.3, -0.25) is 0 Å². The summed E-state index contributed by atoms with van der Waals surface area (Å²) in [6.45, 7) is 3.68. The lowest BCUT2D eigenvalue weighted by Crippen LogP contribution is -2.58. The molecule has 0 amide bonds. The molecule has 4 heterocycles. The Morgan fingerprint density at radius 1 is 0.962 bits per heavy atom. The molecule has 0 spiro atoms. The summed E-state index contributed by atoms with van der Waals surface area (Å²) in [4.78, 5) is 7.39. The van der Waals surface area contributed by atoms with E-state index in [0.29, 0.717) is 6.04 Å². The number of nitrogens with zero attached hydrogens (tertiary/aromatic N) is 3. The fraction of sp³-hybridized carbons (Fsp3) is 0.455. The van der Waals surface area contributed by atoms with Crippen molar-refractivity contribution in [2.75, 3.05) is 43.5 Å². The summed E-state index contributed by atoms with van der Waals surface area (Å²) in [6.07, 6.45) is 2.58. The topological polar surface area (TPSA) is 19.0 Å². The van der Waals surface area contributed by atoms with Crippen molar-refractivity contribution in [2.24, 2.45) is 5.92 Å². The van der Waals surface area contributed by atoms with E-state index in [4.69, 9.17) is 4.74 Å². The lowest BCUT2D eigenvalue weighted by molar-refractivity contribution is 0.0700. The molecule has 4 aliphatic rings. The SMILES string of the molecule is CN(C)c1ccccc1[C@@H]1Oc2ccccc2N1C1CN2CCC1CC2. The van der Waals surface area contributed by atoms with E-state index in [1.807, 2.05) is 0 Å². The van der Waals surface area contributed by atoms with Crippen molar-refractivity contribution in [1.82, 2.24) is 4.90 Å². The molecular weight excluding hydrogens is 322 g/mol. The van der Waals surface area contributed by atoms with Crippen molar-refractivity contribution in [1.29, 1.82) is 0 Å². The molecule has 2 bridgehead atoms. The molecule has 3 fully saturated rings. The van der Waals surface area contributed by atoms with Crippen molar-refractivity contribution < 1.29 is 4.74 Å². The Hall–Kier alpha value is -2.20. The van der Waals surface area contributed by atoms with E-state index < -0.39 is 0 Å². The molecule has 4 heteroatoms. The van der Waals surface area contributed by atoms with Gasteiger partial charge in [-0.1, -0.05) is 30.3 Å². The van der Waals surface area contributed by atoms with E-state index in [-0.39, 0.29) is 6.23 Å². The average Bonchev–Trinajstić information content (AvgIpc) is 3.08. The normalized spacial score (nSPS) is 29.4. The number of hydrogen-bond donors (Lipinski definition) is 0. The van der Waals surface area contributed by atoms with E-state index in [2.05, 4.69) is 77.3 Å². The number of hydrogen-bond acceptors (Lipinski definition) is 4. The van der Waals surface area contributed by atoms with Gasteiger partial charge >= 0.3 is 0 Å². The molecule has 0 aromatic heterocycles. The Balaban J connectivity index is 1.59. The number of anilines is 2. The summed E-state index contributed by atoms with van der Waals surface area (Å²) < 4.78 is 6.54. The highest BCUT2D eigenvalue weighted by atomic mass is 16.5. The summed E-state index contributed by atoms with van der Waals surface area (Å²) in [5.74, 6) is 1.78. The fourth-order valence-corrected chi connectivity index (χ4v) is 4.99. The van der Waals surface area contributed by atoms with Crippen molar-refractivity contribution >= 4 is 11.4 Å². The molecule has 0 N–H and O–H groups in total. The maximum atomic E-state index is 6.54. The minimum Gasteiger partial charge on any atom is -0.464 e. The van der Waals surface area contributed by atoms with Gasteiger partial charge in [0.1, 0.15) is 5.75 Å². The van der Waals surface area contributed by atoms with Gasteiger partial charge in [-0.2, -0.15) is 0 Å². The fourth-order valence-electron chi connectivity index (χ4n) is 4.99. The Labute approximate surface area is 156 Å². The summed E-state index contributed by atoms with van der Waals surface area (Å²) in [5, 5.41) is 0. The summed E-state index contributed by atoms with van der Waals surface area (Å²) in [6, 6.07) is 17.7. The second-order valence-corrected chi connectivity index (χ2v) is 8.00. The first-order valence-electron chi connectivity index (χ1n) is 9.75. The summed E-state index contributed by atoms with van der Waals surface area (Å²) in [7, 11) is 4.22. The first-order valence-corrected chi connectivity index (χ1v) is 9.75. The molecule has 136 valence electrons. The number of para-hydroxylation sites is 3. The minimum atomic E-state index is -0.0449. The Kier molecular flexibility index (Phi) is 3.82. The minimum absolute atomic E-state index is 0.0449. The molecule has 2 aromatic carbocycles. The van der Waals surface area contributed by atoms with Crippen LogP contribution in [0.4, 0.5) is 11.4 Å². The number of benzene rings is 2. The maximum absolute atomic E-state index is 6.54. The zero-order valence-electron chi connectivity index (χ0n) is 15.6. The smallest absolute Gasteiger partial charge is 0.201 e. The third-order valence-electron chi connectivity index (χ3n) is 6.30. The number of ether oxygens (including phenoxy) is 1. The second kappa shape index (κ2) is 6.20. The quantitative estimate of drug-likeness (QED) is 0.840. The molecule has 4 nitrogen and oxygen atoms in total. The van der Waals surface area contributed by atoms with E-state index in [1.165, 1.54) is 42.9 Å². The summed E-state index contributed by atoms with van der Waals surface area (Å²) >= 11 is 0. The van der Waals surface area contributed by atoms with Crippen LogP contribution in [0.3, 0.4) is 0 Å². The van der Waals surface area contributed by atoms with Gasteiger partial charge in [0, 0.05) is 37.9 Å². The van der Waals surface area contributed by atoms with Crippen molar-refractivity contribution in [3.63, 3.8) is 0 Å². The van der Waals surface area contributed by atoms with E-state index in [0.717, 1.165) is 18.2 Å². The van der Waals surface area contributed by atoms with Crippen LogP contribution in [-0.4, -0.2) is 44.7 Å². The third-order valence-corrected chi connectivity index (χ3v) is 6.30. The Morgan fingerprint density at radius 3 is 2.42 bits per heavy atom. The molecule has 0 radical (unpaired) electrons. The molecule has 1 unspecified atom stereocenters. The van der Waals surface area contributed by atoms with Crippen LogP contribution in [-0.2, 0) is 0 Å². The van der Waals surface area contributed by atoms with Gasteiger partial charge in [-0.25, -0.2) is 0 Å². The molecule has 0 saturated carbocycles. The Morgan fingerprint density at radius 2 is 1.69 bits per heavy atom. The van der Waals surface area contributed by atoms with Gasteiger partial charge in [0.05, 0.1) is 5.69 Å². The molecule has 26 heavy (non-hydrogen) atoms. The predicted molar refractivity (Wildman–Crippen MR) is 106 cm³/mol. The van der Waals surface area contributed by atoms with Crippen LogP contribution in [0.2, 0.25) is 0 Å². The molecule has 2 aromatic rings. The lowest BCUT2D eigenvalue weighted by Gasteiger charge is -2.49. The van der Waals surface area contributed by atoms with Crippen LogP contribution >= 0.6 is 0 Å². The van der Waals surface area contributed by atoms with Crippen LogP contribution in [0.1, 0.15) is 24.6 Å². The average molecular weight is 349 g/mol. The lowest BCUT2D eigenvalue weighted by atomic mass is 9.82. The van der Waals surface area contributed by atoms with E-state index in [9.17, 15) is 0 Å². The standard InChI is InChI=1S/C22H27N3O/c1-23(2)18-8-4-3-7-17(18)22-25(19-9-5-6-10-21(19)26-22)20-15-24-13-11-16(20)12-14-24/h3-10,16,20,22H,11-15H2,1-2H3/t20?,22-/m0/s1. The van der Waals surface area contributed by atoms with Crippen LogP contribution < -0.4 is 14.5 Å². The van der Waals surface area contributed by atoms with Gasteiger partial charge in [0.25, 0.3) is 0 Å². The van der Waals surface area contributed by atoms with Crippen LogP contribution in [0, 0.1) is 5.92 Å². The first-order chi connectivity index (χ1) is 12.7. The van der Waals surface area contributed by atoms with Crippen molar-refractivity contribution in [3.05, 3.63) is 54.1 Å². The van der Waals surface area contributed by atoms with E-state index in [1.54, 1.807) is 0 Å². The van der Waals surface area contributed by atoms with Gasteiger partial charge < -0.3 is 19.4 Å². The monoisotopic (exact) mass is 349 g/mol. The van der Waals surface area contributed by atoms with Gasteiger partial charge in [0.15, 0.2) is 0 Å². The largest absolute Gasteiger partial charge is 0.464 e. The Bertz CT molecular complexity index is 797. The molecule has 6 rings (SSSR count). The number of piperidine rings is 3. The highest BCUT2D eigenvalue weighted by Gasteiger charge is 2.45. The van der Waals surface area contributed by atoms with Crippen molar-refractivity contribution in [3.8, 4) is 5.75 Å². The molecule has 4 aliphatic heterocycles.